The summed E-state index contributed by atoms with van der Waals surface area (Å²) in [6, 6.07) is 15.4. The van der Waals surface area contributed by atoms with Crippen LogP contribution >= 0.6 is 0 Å². The van der Waals surface area contributed by atoms with Gasteiger partial charge >= 0.3 is 6.09 Å². The van der Waals surface area contributed by atoms with Gasteiger partial charge in [-0.2, -0.15) is 0 Å². The van der Waals surface area contributed by atoms with Crippen LogP contribution in [0.5, 0.6) is 0 Å². The van der Waals surface area contributed by atoms with Crippen LogP contribution in [0.4, 0.5) is 4.79 Å². The molecule has 3 rings (SSSR count). The van der Waals surface area contributed by atoms with E-state index in [-0.39, 0.29) is 30.1 Å². The predicted molar refractivity (Wildman–Crippen MR) is 142 cm³/mol. The van der Waals surface area contributed by atoms with Crippen LogP contribution in [0.25, 0.3) is 0 Å². The van der Waals surface area contributed by atoms with E-state index in [1.165, 1.54) is 4.90 Å². The monoisotopic (exact) mass is 507 g/mol. The molecule has 2 aromatic carbocycles. The molecular formula is C28H37N5O4. The molecule has 198 valence electrons. The van der Waals surface area contributed by atoms with Crippen LogP contribution in [0.1, 0.15) is 63.1 Å². The second kappa shape index (κ2) is 11.9. The molecule has 0 saturated carbocycles. The molecule has 3 amide bonds. The van der Waals surface area contributed by atoms with Crippen LogP contribution in [-0.4, -0.2) is 52.9 Å². The maximum atomic E-state index is 13.4. The van der Waals surface area contributed by atoms with Gasteiger partial charge in [-0.3, -0.25) is 19.9 Å². The first kappa shape index (κ1) is 27.7. The van der Waals surface area contributed by atoms with E-state index < -0.39 is 23.8 Å². The van der Waals surface area contributed by atoms with Crippen LogP contribution < -0.4 is 16.4 Å². The van der Waals surface area contributed by atoms with Crippen molar-refractivity contribution < 1.29 is 19.1 Å². The number of nitrogens with one attached hydrogen (secondary N) is 3. The standard InChI is InChI=1S/C28H37N5O4/c1-18(25(34)31-17-19-10-12-21(13-11-19)24(29)30)32-26(35)23-16-22(20-8-6-5-7-9-20)14-15-33(23)27(36)37-28(2,3)4/h5-13,18,22-23H,14-17H2,1-4H3,(H3,29,30)(H,31,34)(H,32,35)/t18-,22-,23+/m0/s1. The SMILES string of the molecule is C[C@H](NC(=O)[C@H]1C[C@@H](c2ccccc2)CCN1C(=O)OC(C)(C)C)C(=O)NCc1ccc(C(=N)N)cc1. The molecule has 2 aromatic rings. The zero-order chi connectivity index (χ0) is 27.2. The van der Waals surface area contributed by atoms with Crippen molar-refractivity contribution in [1.82, 2.24) is 15.5 Å². The van der Waals surface area contributed by atoms with E-state index in [0.717, 1.165) is 11.1 Å². The normalized spacial score (nSPS) is 18.4. The number of hydrogen-bond acceptors (Lipinski definition) is 5. The summed E-state index contributed by atoms with van der Waals surface area (Å²) in [5.74, 6) is -0.648. The molecule has 0 bridgehead atoms. The smallest absolute Gasteiger partial charge is 0.410 e. The Morgan fingerprint density at radius 3 is 2.35 bits per heavy atom. The molecular weight excluding hydrogens is 470 g/mol. The van der Waals surface area contributed by atoms with Crippen molar-refractivity contribution in [1.29, 1.82) is 5.41 Å². The lowest BCUT2D eigenvalue weighted by Gasteiger charge is -2.39. The maximum Gasteiger partial charge on any atom is 0.410 e. The van der Waals surface area contributed by atoms with Gasteiger partial charge < -0.3 is 21.1 Å². The van der Waals surface area contributed by atoms with Crippen LogP contribution in [0.15, 0.2) is 54.6 Å². The molecule has 37 heavy (non-hydrogen) atoms. The number of likely N-dealkylation sites (tertiary alicyclic amines) is 1. The van der Waals surface area contributed by atoms with Gasteiger partial charge in [-0.1, -0.05) is 54.6 Å². The minimum Gasteiger partial charge on any atom is -0.444 e. The molecule has 0 unspecified atom stereocenters. The zero-order valence-corrected chi connectivity index (χ0v) is 21.9. The van der Waals surface area contributed by atoms with Gasteiger partial charge in [0.2, 0.25) is 11.8 Å². The number of carbonyl (C=O) groups is 3. The number of ether oxygens (including phenoxy) is 1. The van der Waals surface area contributed by atoms with Gasteiger partial charge in [0.1, 0.15) is 23.5 Å². The van der Waals surface area contributed by atoms with Gasteiger partial charge in [-0.15, -0.1) is 0 Å². The Labute approximate surface area is 218 Å². The summed E-state index contributed by atoms with van der Waals surface area (Å²) in [5, 5.41) is 13.1. The van der Waals surface area contributed by atoms with E-state index in [2.05, 4.69) is 10.6 Å². The first-order valence-electron chi connectivity index (χ1n) is 12.5. The fourth-order valence-corrected chi connectivity index (χ4v) is 4.30. The molecule has 5 N–H and O–H groups in total. The molecule has 1 heterocycles. The number of amides is 3. The Bertz CT molecular complexity index is 1110. The highest BCUT2D eigenvalue weighted by molar-refractivity contribution is 5.95. The van der Waals surface area contributed by atoms with Crippen molar-refractivity contribution in [2.75, 3.05) is 6.54 Å². The molecule has 9 nitrogen and oxygen atoms in total. The van der Waals surface area contributed by atoms with E-state index >= 15 is 0 Å². The molecule has 1 fully saturated rings. The highest BCUT2D eigenvalue weighted by Gasteiger charge is 2.39. The molecule has 1 aliphatic heterocycles. The summed E-state index contributed by atoms with van der Waals surface area (Å²) >= 11 is 0. The number of benzene rings is 2. The molecule has 1 saturated heterocycles. The Morgan fingerprint density at radius 1 is 1.11 bits per heavy atom. The molecule has 0 aromatic heterocycles. The van der Waals surface area contributed by atoms with Crippen molar-refractivity contribution in [3.8, 4) is 0 Å². The summed E-state index contributed by atoms with van der Waals surface area (Å²) in [5.41, 5.74) is 7.34. The van der Waals surface area contributed by atoms with Crippen molar-refractivity contribution >= 4 is 23.7 Å². The Hall–Kier alpha value is -3.88. The lowest BCUT2D eigenvalue weighted by atomic mass is 9.85. The molecule has 9 heteroatoms. The highest BCUT2D eigenvalue weighted by Crippen LogP contribution is 2.32. The third-order valence-corrected chi connectivity index (χ3v) is 6.29. The van der Waals surface area contributed by atoms with E-state index in [4.69, 9.17) is 15.9 Å². The van der Waals surface area contributed by atoms with Crippen LogP contribution in [-0.2, 0) is 20.9 Å². The number of carbonyl (C=O) groups excluding carboxylic acids is 3. The van der Waals surface area contributed by atoms with E-state index in [1.807, 2.05) is 30.3 Å². The lowest BCUT2D eigenvalue weighted by Crippen LogP contribution is -2.57. The van der Waals surface area contributed by atoms with E-state index in [0.29, 0.717) is 24.9 Å². The molecule has 0 radical (unpaired) electrons. The van der Waals surface area contributed by atoms with Gasteiger partial charge in [0.05, 0.1) is 0 Å². The average molecular weight is 508 g/mol. The molecule has 0 spiro atoms. The van der Waals surface area contributed by atoms with Gasteiger partial charge in [0.15, 0.2) is 0 Å². The van der Waals surface area contributed by atoms with Crippen LogP contribution in [0, 0.1) is 5.41 Å². The fraction of sp³-hybridized carbons (Fsp3) is 0.429. The molecule has 3 atom stereocenters. The number of amidine groups is 1. The number of hydrogen-bond donors (Lipinski definition) is 4. The van der Waals surface area contributed by atoms with Crippen molar-refractivity contribution in [2.24, 2.45) is 5.73 Å². The molecule has 0 aliphatic carbocycles. The maximum absolute atomic E-state index is 13.4. The second-order valence-corrected chi connectivity index (χ2v) is 10.4. The van der Waals surface area contributed by atoms with Crippen LogP contribution in [0.2, 0.25) is 0 Å². The largest absolute Gasteiger partial charge is 0.444 e. The third-order valence-electron chi connectivity index (χ3n) is 6.29. The quantitative estimate of drug-likeness (QED) is 0.337. The number of nitrogens with zero attached hydrogens (tertiary/aromatic N) is 1. The first-order chi connectivity index (χ1) is 17.4. The summed E-state index contributed by atoms with van der Waals surface area (Å²) in [7, 11) is 0. The number of nitrogens with two attached hydrogens (primary N) is 1. The summed E-state index contributed by atoms with van der Waals surface area (Å²) in [6.07, 6.45) is 0.613. The Balaban J connectivity index is 1.66. The summed E-state index contributed by atoms with van der Waals surface area (Å²) in [6.45, 7) is 7.62. The Morgan fingerprint density at radius 2 is 1.76 bits per heavy atom. The van der Waals surface area contributed by atoms with E-state index in [9.17, 15) is 14.4 Å². The van der Waals surface area contributed by atoms with E-state index in [1.54, 1.807) is 52.0 Å². The number of piperidine rings is 1. The summed E-state index contributed by atoms with van der Waals surface area (Å²) in [4.78, 5) is 40.5. The van der Waals surface area contributed by atoms with Crippen molar-refractivity contribution in [3.05, 3.63) is 71.3 Å². The fourth-order valence-electron chi connectivity index (χ4n) is 4.30. The third kappa shape index (κ3) is 7.80. The van der Waals surface area contributed by atoms with Crippen molar-refractivity contribution in [3.63, 3.8) is 0 Å². The van der Waals surface area contributed by atoms with Gasteiger partial charge in [-0.25, -0.2) is 4.79 Å². The van der Waals surface area contributed by atoms with Crippen molar-refractivity contribution in [2.45, 2.75) is 70.7 Å². The number of nitrogen functional groups attached to an aromatic ring is 1. The second-order valence-electron chi connectivity index (χ2n) is 10.4. The molecule has 1 aliphatic rings. The van der Waals surface area contributed by atoms with Gasteiger partial charge in [-0.05, 0) is 57.6 Å². The minimum atomic E-state index is -0.804. The number of rotatable bonds is 7. The highest BCUT2D eigenvalue weighted by atomic mass is 16.6. The minimum absolute atomic E-state index is 0.0236. The summed E-state index contributed by atoms with van der Waals surface area (Å²) < 4.78 is 5.57. The van der Waals surface area contributed by atoms with Gasteiger partial charge in [0, 0.05) is 18.7 Å². The first-order valence-corrected chi connectivity index (χ1v) is 12.5. The van der Waals surface area contributed by atoms with Gasteiger partial charge in [0.25, 0.3) is 0 Å². The predicted octanol–water partition coefficient (Wildman–Crippen LogP) is 3.27. The Kier molecular flexibility index (Phi) is 8.91. The van der Waals surface area contributed by atoms with Crippen LogP contribution in [0.3, 0.4) is 0 Å². The zero-order valence-electron chi connectivity index (χ0n) is 21.9. The average Bonchev–Trinajstić information content (AvgIpc) is 2.86. The lowest BCUT2D eigenvalue weighted by molar-refractivity contribution is -0.132. The topological polar surface area (TPSA) is 138 Å².